The van der Waals surface area contributed by atoms with Crippen molar-refractivity contribution in [2.24, 2.45) is 0 Å². The molecule has 0 saturated carbocycles. The van der Waals surface area contributed by atoms with Crippen LogP contribution in [0.4, 0.5) is 14.6 Å². The predicted octanol–water partition coefficient (Wildman–Crippen LogP) is 2.80. The number of alkyl halides is 2. The number of H-pyrrole nitrogens is 1. The van der Waals surface area contributed by atoms with Gasteiger partial charge in [0, 0.05) is 36.9 Å². The van der Waals surface area contributed by atoms with E-state index in [9.17, 15) is 4.79 Å². The first-order valence-electron chi connectivity index (χ1n) is 9.73. The number of nitrogens with zero attached hydrogens (tertiary/aromatic N) is 5. The molecule has 4 heterocycles. The van der Waals surface area contributed by atoms with Crippen molar-refractivity contribution < 1.29 is 13.6 Å². The number of anilines is 1. The molecule has 9 heteroatoms. The number of aromatic nitrogens is 3. The lowest BCUT2D eigenvalue weighted by Gasteiger charge is -2.42. The lowest BCUT2D eigenvalue weighted by molar-refractivity contribution is -0.162. The number of halogens is 2. The Morgan fingerprint density at radius 2 is 1.83 bits per heavy atom. The van der Waals surface area contributed by atoms with E-state index < -0.39 is 17.4 Å². The SMILES string of the molecule is N#Cc1ccc(C(F)(F)C(=O)N2C3CCC2CN(c2ncnc4[nH]ccc24)C3)cc1. The molecule has 1 N–H and O–H groups in total. The molecule has 2 unspecified atom stereocenters. The summed E-state index contributed by atoms with van der Waals surface area (Å²) >= 11 is 0. The Morgan fingerprint density at radius 3 is 2.50 bits per heavy atom. The highest BCUT2D eigenvalue weighted by Gasteiger charge is 2.52. The fourth-order valence-electron chi connectivity index (χ4n) is 4.56. The van der Waals surface area contributed by atoms with Crippen LogP contribution in [0.2, 0.25) is 0 Å². The van der Waals surface area contributed by atoms with Gasteiger partial charge < -0.3 is 14.8 Å². The van der Waals surface area contributed by atoms with Crippen molar-refractivity contribution in [3.63, 3.8) is 0 Å². The topological polar surface area (TPSA) is 88.9 Å². The standard InChI is InChI=1S/C21H18F2N6O/c22-21(23,14-3-1-13(9-24)2-4-14)20(30)29-15-5-6-16(29)11-28(10-15)19-17-7-8-25-18(17)26-12-27-19/h1-4,7-8,12,15-16H,5-6,10-11H2,(H,25,26,27). The molecule has 2 atom stereocenters. The molecule has 2 bridgehead atoms. The molecule has 2 aromatic heterocycles. The second-order valence-electron chi connectivity index (χ2n) is 7.70. The number of hydrogen-bond donors (Lipinski definition) is 1. The van der Waals surface area contributed by atoms with Crippen LogP contribution in [0.3, 0.4) is 0 Å². The zero-order valence-corrected chi connectivity index (χ0v) is 15.9. The Morgan fingerprint density at radius 1 is 1.13 bits per heavy atom. The van der Waals surface area contributed by atoms with Gasteiger partial charge in [-0.1, -0.05) is 12.1 Å². The summed E-state index contributed by atoms with van der Waals surface area (Å²) in [6.07, 6.45) is 4.62. The lowest BCUT2D eigenvalue weighted by atomic mass is 10.0. The zero-order chi connectivity index (χ0) is 20.9. The highest BCUT2D eigenvalue weighted by atomic mass is 19.3. The van der Waals surface area contributed by atoms with E-state index in [0.717, 1.165) is 29.0 Å². The minimum absolute atomic E-state index is 0.275. The first kappa shape index (κ1) is 18.5. The highest BCUT2D eigenvalue weighted by Crippen LogP contribution is 2.39. The minimum atomic E-state index is -3.64. The molecule has 2 aliphatic rings. The van der Waals surface area contributed by atoms with Crippen molar-refractivity contribution in [2.45, 2.75) is 30.8 Å². The van der Waals surface area contributed by atoms with Crippen LogP contribution in [0.5, 0.6) is 0 Å². The third-order valence-corrected chi connectivity index (χ3v) is 5.99. The number of piperazine rings is 1. The Balaban J connectivity index is 1.40. The van der Waals surface area contributed by atoms with Crippen LogP contribution >= 0.6 is 0 Å². The number of carbonyl (C=O) groups is 1. The maximum atomic E-state index is 15.0. The molecule has 7 nitrogen and oxygen atoms in total. The van der Waals surface area contributed by atoms with Gasteiger partial charge in [0.2, 0.25) is 0 Å². The van der Waals surface area contributed by atoms with Gasteiger partial charge >= 0.3 is 5.92 Å². The van der Waals surface area contributed by atoms with Gasteiger partial charge in [-0.15, -0.1) is 0 Å². The molecule has 0 aliphatic carbocycles. The first-order chi connectivity index (χ1) is 14.5. The molecule has 1 amide bonds. The Bertz CT molecular complexity index is 1140. The highest BCUT2D eigenvalue weighted by molar-refractivity contribution is 5.88. The van der Waals surface area contributed by atoms with Crippen LogP contribution in [-0.4, -0.2) is 50.9 Å². The van der Waals surface area contributed by atoms with Gasteiger partial charge in [0.1, 0.15) is 17.8 Å². The maximum Gasteiger partial charge on any atom is 0.349 e. The number of hydrogen-bond acceptors (Lipinski definition) is 5. The summed E-state index contributed by atoms with van der Waals surface area (Å²) in [5.41, 5.74) is 0.605. The van der Waals surface area contributed by atoms with Crippen molar-refractivity contribution in [1.82, 2.24) is 19.9 Å². The van der Waals surface area contributed by atoms with Gasteiger partial charge in [-0.2, -0.15) is 14.0 Å². The van der Waals surface area contributed by atoms with Gasteiger partial charge in [0.25, 0.3) is 5.91 Å². The van der Waals surface area contributed by atoms with Crippen molar-refractivity contribution in [1.29, 1.82) is 5.26 Å². The van der Waals surface area contributed by atoms with E-state index in [1.807, 2.05) is 12.1 Å². The third kappa shape index (κ3) is 2.79. The number of aromatic amines is 1. The van der Waals surface area contributed by atoms with E-state index in [1.165, 1.54) is 23.4 Å². The van der Waals surface area contributed by atoms with Gasteiger partial charge in [0.15, 0.2) is 0 Å². The summed E-state index contributed by atoms with van der Waals surface area (Å²) in [7, 11) is 0. The molecule has 30 heavy (non-hydrogen) atoms. The van der Waals surface area contributed by atoms with Gasteiger partial charge in [0.05, 0.1) is 17.0 Å². The third-order valence-electron chi connectivity index (χ3n) is 5.99. The van der Waals surface area contributed by atoms with Gasteiger partial charge in [-0.3, -0.25) is 4.79 Å². The average molecular weight is 408 g/mol. The van der Waals surface area contributed by atoms with Crippen molar-refractivity contribution in [3.8, 4) is 6.07 Å². The van der Waals surface area contributed by atoms with Crippen molar-refractivity contribution in [2.75, 3.05) is 18.0 Å². The minimum Gasteiger partial charge on any atom is -0.352 e. The predicted molar refractivity (Wildman–Crippen MR) is 105 cm³/mol. The summed E-state index contributed by atoms with van der Waals surface area (Å²) < 4.78 is 30.0. The molecular formula is C21H18F2N6O. The van der Waals surface area contributed by atoms with E-state index in [-0.39, 0.29) is 17.6 Å². The molecule has 0 radical (unpaired) electrons. The number of fused-ring (bicyclic) bond motifs is 3. The smallest absolute Gasteiger partial charge is 0.349 e. The van der Waals surface area contributed by atoms with E-state index in [0.29, 0.717) is 25.9 Å². The molecule has 2 aliphatic heterocycles. The summed E-state index contributed by atoms with van der Waals surface area (Å²) in [6, 6.07) is 8.10. The van der Waals surface area contributed by atoms with Crippen LogP contribution < -0.4 is 4.90 Å². The summed E-state index contributed by atoms with van der Waals surface area (Å²) in [4.78, 5) is 28.0. The molecular weight excluding hydrogens is 390 g/mol. The molecule has 3 aromatic rings. The second kappa shape index (κ2) is 6.76. The van der Waals surface area contributed by atoms with Crippen LogP contribution in [0.1, 0.15) is 24.0 Å². The second-order valence-corrected chi connectivity index (χ2v) is 7.70. The van der Waals surface area contributed by atoms with Crippen LogP contribution in [0, 0.1) is 11.3 Å². The van der Waals surface area contributed by atoms with E-state index in [4.69, 9.17) is 5.26 Å². The zero-order valence-electron chi connectivity index (χ0n) is 15.9. The molecule has 152 valence electrons. The fraction of sp³-hybridized carbons (Fsp3) is 0.333. The number of amides is 1. The maximum absolute atomic E-state index is 15.0. The first-order valence-corrected chi connectivity index (χ1v) is 9.73. The largest absolute Gasteiger partial charge is 0.352 e. The molecule has 2 fully saturated rings. The molecule has 0 spiro atoms. The average Bonchev–Trinajstić information content (AvgIpc) is 3.34. The monoisotopic (exact) mass is 408 g/mol. The van der Waals surface area contributed by atoms with Gasteiger partial charge in [-0.25, -0.2) is 9.97 Å². The van der Waals surface area contributed by atoms with Crippen molar-refractivity contribution in [3.05, 3.63) is 54.0 Å². The van der Waals surface area contributed by atoms with E-state index >= 15 is 8.78 Å². The summed E-state index contributed by atoms with van der Waals surface area (Å²) in [6.45, 7) is 0.895. The quantitative estimate of drug-likeness (QED) is 0.720. The summed E-state index contributed by atoms with van der Waals surface area (Å²) in [5, 5.41) is 9.74. The van der Waals surface area contributed by atoms with E-state index in [2.05, 4.69) is 19.9 Å². The number of nitrogens with one attached hydrogen (secondary N) is 1. The number of nitriles is 1. The van der Waals surface area contributed by atoms with Crippen LogP contribution in [0.25, 0.3) is 11.0 Å². The van der Waals surface area contributed by atoms with Crippen LogP contribution in [-0.2, 0) is 10.7 Å². The van der Waals surface area contributed by atoms with Crippen LogP contribution in [0.15, 0.2) is 42.9 Å². The van der Waals surface area contributed by atoms with Crippen molar-refractivity contribution >= 4 is 22.8 Å². The molecule has 1 aromatic carbocycles. The lowest BCUT2D eigenvalue weighted by Crippen LogP contribution is -2.59. The number of benzene rings is 1. The normalized spacial score (nSPS) is 21.1. The summed E-state index contributed by atoms with van der Waals surface area (Å²) in [5.74, 6) is -4.06. The van der Waals surface area contributed by atoms with E-state index in [1.54, 1.807) is 6.20 Å². The number of carbonyl (C=O) groups excluding carboxylic acids is 1. The van der Waals surface area contributed by atoms with Gasteiger partial charge in [-0.05, 0) is 31.0 Å². The fourth-order valence-corrected chi connectivity index (χ4v) is 4.56. The Kier molecular flexibility index (Phi) is 4.17. The Hall–Kier alpha value is -3.54. The number of rotatable bonds is 3. The molecule has 5 rings (SSSR count). The Labute approximate surface area is 170 Å². The molecule has 2 saturated heterocycles.